The molecule has 0 saturated heterocycles. The van der Waals surface area contributed by atoms with E-state index in [1.54, 1.807) is 0 Å². The van der Waals surface area contributed by atoms with E-state index >= 15 is 0 Å². The van der Waals surface area contributed by atoms with Gasteiger partial charge in [0.1, 0.15) is 5.78 Å². The van der Waals surface area contributed by atoms with Crippen molar-refractivity contribution >= 4 is 5.78 Å². The molecule has 3 nitrogen and oxygen atoms in total. The van der Waals surface area contributed by atoms with E-state index in [0.717, 1.165) is 38.5 Å². The molecule has 0 aliphatic rings. The standard InChI is InChI=1S/C17H34O3/c1-5-7-9-11-16(3,13-18)15(20)17(4,14-19)12-10-8-6-2/h18-19H,5-14H2,1-4H3. The van der Waals surface area contributed by atoms with E-state index in [9.17, 15) is 15.0 Å². The molecule has 2 N–H and O–H groups in total. The molecule has 0 amide bonds. The van der Waals surface area contributed by atoms with E-state index in [1.165, 1.54) is 0 Å². The summed E-state index contributed by atoms with van der Waals surface area (Å²) in [5.41, 5.74) is -1.42. The smallest absolute Gasteiger partial charge is 0.149 e. The van der Waals surface area contributed by atoms with Crippen LogP contribution in [0.4, 0.5) is 0 Å². The summed E-state index contributed by atoms with van der Waals surface area (Å²) in [7, 11) is 0. The molecular weight excluding hydrogens is 252 g/mol. The Balaban J connectivity index is 4.81. The number of Topliss-reactive ketones (excluding diaryl/α,β-unsaturated/α-hetero) is 1. The van der Waals surface area contributed by atoms with Gasteiger partial charge in [-0.3, -0.25) is 4.79 Å². The molecule has 0 fully saturated rings. The lowest BCUT2D eigenvalue weighted by Gasteiger charge is -2.36. The van der Waals surface area contributed by atoms with Crippen LogP contribution in [0.25, 0.3) is 0 Å². The number of hydrogen-bond acceptors (Lipinski definition) is 3. The van der Waals surface area contributed by atoms with Crippen LogP contribution in [0.15, 0.2) is 0 Å². The largest absolute Gasteiger partial charge is 0.395 e. The van der Waals surface area contributed by atoms with E-state index in [1.807, 2.05) is 13.8 Å². The predicted molar refractivity (Wildman–Crippen MR) is 83.7 cm³/mol. The van der Waals surface area contributed by atoms with Crippen LogP contribution in [-0.4, -0.2) is 29.2 Å². The normalized spacial score (nSPS) is 17.5. The Morgan fingerprint density at radius 3 is 1.40 bits per heavy atom. The van der Waals surface area contributed by atoms with Crippen LogP contribution in [0.5, 0.6) is 0 Å². The number of ketones is 1. The lowest BCUT2D eigenvalue weighted by atomic mass is 9.68. The fourth-order valence-corrected chi connectivity index (χ4v) is 2.79. The lowest BCUT2D eigenvalue weighted by Crippen LogP contribution is -2.44. The molecule has 120 valence electrons. The summed E-state index contributed by atoms with van der Waals surface area (Å²) < 4.78 is 0. The van der Waals surface area contributed by atoms with Crippen molar-refractivity contribution < 1.29 is 15.0 Å². The minimum atomic E-state index is -0.709. The topological polar surface area (TPSA) is 57.5 Å². The van der Waals surface area contributed by atoms with Gasteiger partial charge in [-0.25, -0.2) is 0 Å². The number of hydrogen-bond donors (Lipinski definition) is 2. The van der Waals surface area contributed by atoms with Gasteiger partial charge in [0, 0.05) is 10.8 Å². The highest BCUT2D eigenvalue weighted by Gasteiger charge is 2.43. The van der Waals surface area contributed by atoms with Crippen LogP contribution in [-0.2, 0) is 4.79 Å². The molecule has 0 aliphatic carbocycles. The van der Waals surface area contributed by atoms with Crippen molar-refractivity contribution in [3.63, 3.8) is 0 Å². The Labute approximate surface area is 124 Å². The number of rotatable bonds is 12. The van der Waals surface area contributed by atoms with E-state index in [2.05, 4.69) is 13.8 Å². The highest BCUT2D eigenvalue weighted by atomic mass is 16.3. The predicted octanol–water partition coefficient (Wildman–Crippen LogP) is 3.71. The Morgan fingerprint density at radius 1 is 0.800 bits per heavy atom. The first kappa shape index (κ1) is 19.6. The molecular formula is C17H34O3. The van der Waals surface area contributed by atoms with E-state index in [4.69, 9.17) is 0 Å². The van der Waals surface area contributed by atoms with Gasteiger partial charge in [0.25, 0.3) is 0 Å². The van der Waals surface area contributed by atoms with Gasteiger partial charge in [-0.05, 0) is 12.8 Å². The average Bonchev–Trinajstić information content (AvgIpc) is 2.46. The molecule has 0 aliphatic heterocycles. The molecule has 0 heterocycles. The number of unbranched alkanes of at least 4 members (excludes halogenated alkanes) is 4. The summed E-state index contributed by atoms with van der Waals surface area (Å²) in [6, 6.07) is 0. The lowest BCUT2D eigenvalue weighted by molar-refractivity contribution is -0.143. The highest BCUT2D eigenvalue weighted by molar-refractivity contribution is 5.90. The van der Waals surface area contributed by atoms with Crippen molar-refractivity contribution in [1.82, 2.24) is 0 Å². The number of carbonyl (C=O) groups is 1. The van der Waals surface area contributed by atoms with Gasteiger partial charge >= 0.3 is 0 Å². The van der Waals surface area contributed by atoms with Gasteiger partial charge in [-0.1, -0.05) is 66.2 Å². The second-order valence-electron chi connectivity index (χ2n) is 6.68. The minimum Gasteiger partial charge on any atom is -0.395 e. The first-order valence-electron chi connectivity index (χ1n) is 8.17. The van der Waals surface area contributed by atoms with Crippen LogP contribution in [0.2, 0.25) is 0 Å². The fraction of sp³-hybridized carbons (Fsp3) is 0.941. The van der Waals surface area contributed by atoms with Gasteiger partial charge in [-0.15, -0.1) is 0 Å². The monoisotopic (exact) mass is 286 g/mol. The van der Waals surface area contributed by atoms with Crippen molar-refractivity contribution in [2.45, 2.75) is 79.1 Å². The highest BCUT2D eigenvalue weighted by Crippen LogP contribution is 2.37. The Morgan fingerprint density at radius 2 is 1.15 bits per heavy atom. The number of carbonyl (C=O) groups excluding carboxylic acids is 1. The van der Waals surface area contributed by atoms with Crippen LogP contribution in [0.3, 0.4) is 0 Å². The fourth-order valence-electron chi connectivity index (χ4n) is 2.79. The first-order valence-corrected chi connectivity index (χ1v) is 8.17. The molecule has 2 unspecified atom stereocenters. The Bertz CT molecular complexity index is 251. The Hall–Kier alpha value is -0.410. The van der Waals surface area contributed by atoms with Gasteiger partial charge in [0.15, 0.2) is 0 Å². The van der Waals surface area contributed by atoms with Crippen LogP contribution in [0.1, 0.15) is 79.1 Å². The second-order valence-corrected chi connectivity index (χ2v) is 6.68. The molecule has 0 rings (SSSR count). The van der Waals surface area contributed by atoms with Crippen LogP contribution in [0, 0.1) is 10.8 Å². The summed E-state index contributed by atoms with van der Waals surface area (Å²) in [5.74, 6) is 0.0298. The van der Waals surface area contributed by atoms with E-state index < -0.39 is 10.8 Å². The maximum atomic E-state index is 12.8. The van der Waals surface area contributed by atoms with E-state index in [-0.39, 0.29) is 19.0 Å². The quantitative estimate of drug-likeness (QED) is 0.538. The SMILES string of the molecule is CCCCCC(C)(CO)C(=O)C(C)(CO)CCCCC. The maximum Gasteiger partial charge on any atom is 0.149 e. The molecule has 0 radical (unpaired) electrons. The van der Waals surface area contributed by atoms with Crippen LogP contribution < -0.4 is 0 Å². The average molecular weight is 286 g/mol. The molecule has 0 aromatic heterocycles. The van der Waals surface area contributed by atoms with Gasteiger partial charge in [-0.2, -0.15) is 0 Å². The zero-order chi connectivity index (χ0) is 15.6. The second kappa shape index (κ2) is 9.51. The third kappa shape index (κ3) is 5.53. The summed E-state index contributed by atoms with van der Waals surface area (Å²) >= 11 is 0. The van der Waals surface area contributed by atoms with Crippen LogP contribution >= 0.6 is 0 Å². The van der Waals surface area contributed by atoms with E-state index in [0.29, 0.717) is 12.8 Å². The number of aliphatic hydroxyl groups excluding tert-OH is 2. The zero-order valence-corrected chi connectivity index (χ0v) is 13.9. The molecule has 0 aromatic carbocycles. The molecule has 3 heteroatoms. The van der Waals surface area contributed by atoms with Crippen molar-refractivity contribution in [3.8, 4) is 0 Å². The summed E-state index contributed by atoms with van der Waals surface area (Å²) in [6.07, 6.45) is 7.68. The molecule has 0 aromatic rings. The summed E-state index contributed by atoms with van der Waals surface area (Å²) in [4.78, 5) is 12.8. The molecule has 0 saturated carbocycles. The maximum absolute atomic E-state index is 12.8. The van der Waals surface area contributed by atoms with Crippen molar-refractivity contribution in [3.05, 3.63) is 0 Å². The molecule has 2 atom stereocenters. The van der Waals surface area contributed by atoms with Crippen molar-refractivity contribution in [2.24, 2.45) is 10.8 Å². The molecule has 0 bridgehead atoms. The number of aliphatic hydroxyl groups is 2. The van der Waals surface area contributed by atoms with Gasteiger partial charge in [0.05, 0.1) is 13.2 Å². The van der Waals surface area contributed by atoms with Crippen molar-refractivity contribution in [1.29, 1.82) is 0 Å². The zero-order valence-electron chi connectivity index (χ0n) is 13.9. The van der Waals surface area contributed by atoms with Crippen molar-refractivity contribution in [2.75, 3.05) is 13.2 Å². The third-order valence-electron chi connectivity index (χ3n) is 4.46. The molecule has 20 heavy (non-hydrogen) atoms. The Kier molecular flexibility index (Phi) is 9.32. The third-order valence-corrected chi connectivity index (χ3v) is 4.46. The van der Waals surface area contributed by atoms with Gasteiger partial charge < -0.3 is 10.2 Å². The summed E-state index contributed by atoms with van der Waals surface area (Å²) in [5, 5.41) is 19.4. The summed E-state index contributed by atoms with van der Waals surface area (Å²) in [6.45, 7) is 7.69. The minimum absolute atomic E-state index is 0.0298. The van der Waals surface area contributed by atoms with Gasteiger partial charge in [0.2, 0.25) is 0 Å². The molecule has 0 spiro atoms. The first-order chi connectivity index (χ1) is 9.40.